The van der Waals surface area contributed by atoms with Crippen LogP contribution in [0, 0.1) is 11.3 Å². The molecule has 0 rings (SSSR count). The Morgan fingerprint density at radius 2 is 1.30 bits per heavy atom. The molecule has 0 aromatic carbocycles. The number of hydrogen-bond donors (Lipinski definition) is 0. The molecule has 3 heteroatoms. The van der Waals surface area contributed by atoms with Gasteiger partial charge in [0.15, 0.2) is 0 Å². The summed E-state index contributed by atoms with van der Waals surface area (Å²) in [4.78, 5) is 0. The summed E-state index contributed by atoms with van der Waals surface area (Å²) >= 11 is 10.6. The van der Waals surface area contributed by atoms with Gasteiger partial charge in [-0.2, -0.15) is 0 Å². The highest BCUT2D eigenvalue weighted by Crippen LogP contribution is 2.33. The maximum Gasteiger partial charge on any atom is 0.0106 e. The van der Waals surface area contributed by atoms with E-state index < -0.39 is 0 Å². The van der Waals surface area contributed by atoms with Crippen LogP contribution in [0.5, 0.6) is 0 Å². The van der Waals surface area contributed by atoms with Crippen molar-refractivity contribution in [3.63, 3.8) is 0 Å². The fraction of sp³-hybridized carbons (Fsp3) is 1.00. The molecule has 0 nitrogen and oxygen atoms in total. The number of hydrogen-bond acceptors (Lipinski definition) is 0. The highest BCUT2D eigenvalue weighted by Gasteiger charge is 2.29. The van der Waals surface area contributed by atoms with Crippen LogP contribution in [0.3, 0.4) is 0 Å². The van der Waals surface area contributed by atoms with Crippen LogP contribution in [-0.4, -0.2) is 16.0 Å². The van der Waals surface area contributed by atoms with Crippen LogP contribution in [0.2, 0.25) is 0 Å². The van der Waals surface area contributed by atoms with Gasteiger partial charge in [0, 0.05) is 21.4 Å². The van der Waals surface area contributed by atoms with E-state index in [0.717, 1.165) is 16.0 Å². The van der Waals surface area contributed by atoms with E-state index in [-0.39, 0.29) is 0 Å². The average Bonchev–Trinajstić information content (AvgIpc) is 1.92. The number of alkyl halides is 3. The van der Waals surface area contributed by atoms with Crippen molar-refractivity contribution >= 4 is 47.8 Å². The summed E-state index contributed by atoms with van der Waals surface area (Å²) in [6, 6.07) is 0. The van der Waals surface area contributed by atoms with Gasteiger partial charge in [0.1, 0.15) is 0 Å². The van der Waals surface area contributed by atoms with Gasteiger partial charge < -0.3 is 0 Å². The van der Waals surface area contributed by atoms with Crippen molar-refractivity contribution in [2.75, 3.05) is 16.0 Å². The van der Waals surface area contributed by atoms with Crippen LogP contribution in [-0.2, 0) is 0 Å². The maximum atomic E-state index is 3.53. The molecular weight excluding hydrogens is 324 g/mol. The molecule has 0 bridgehead atoms. The molecule has 0 saturated carbocycles. The molecule has 0 amide bonds. The normalized spacial score (nSPS) is 12.6. The van der Waals surface area contributed by atoms with E-state index in [4.69, 9.17) is 0 Å². The zero-order chi connectivity index (χ0) is 8.20. The fourth-order valence-corrected chi connectivity index (χ4v) is 5.30. The third-order valence-electron chi connectivity index (χ3n) is 2.02. The van der Waals surface area contributed by atoms with E-state index in [0.29, 0.717) is 11.3 Å². The van der Waals surface area contributed by atoms with E-state index >= 15 is 0 Å². The Balaban J connectivity index is 4.15. The smallest absolute Gasteiger partial charge is 0.0106 e. The Kier molecular flexibility index (Phi) is 5.89. The van der Waals surface area contributed by atoms with Crippen LogP contribution in [0.25, 0.3) is 0 Å². The minimum atomic E-state index is 0.375. The quantitative estimate of drug-likeness (QED) is 0.685. The highest BCUT2D eigenvalue weighted by atomic mass is 79.9. The Hall–Kier alpha value is 1.44. The highest BCUT2D eigenvalue weighted by molar-refractivity contribution is 9.10. The van der Waals surface area contributed by atoms with E-state index in [9.17, 15) is 0 Å². The molecule has 62 valence electrons. The summed E-state index contributed by atoms with van der Waals surface area (Å²) in [6.07, 6.45) is 0. The van der Waals surface area contributed by atoms with Crippen molar-refractivity contribution in [1.82, 2.24) is 0 Å². The Labute approximate surface area is 88.5 Å². The molecule has 0 aromatic rings. The first kappa shape index (κ1) is 11.4. The first-order valence-corrected chi connectivity index (χ1v) is 6.67. The summed E-state index contributed by atoms with van der Waals surface area (Å²) in [5, 5.41) is 3.15. The van der Waals surface area contributed by atoms with E-state index in [1.54, 1.807) is 0 Å². The zero-order valence-electron chi connectivity index (χ0n) is 6.33. The summed E-state index contributed by atoms with van der Waals surface area (Å²) in [6.45, 7) is 4.51. The average molecular weight is 337 g/mol. The predicted octanol–water partition coefficient (Wildman–Crippen LogP) is 3.81. The minimum Gasteiger partial charge on any atom is -0.0921 e. The maximum absolute atomic E-state index is 3.53. The third kappa shape index (κ3) is 2.49. The van der Waals surface area contributed by atoms with Gasteiger partial charge in [-0.15, -0.1) is 0 Å². The van der Waals surface area contributed by atoms with E-state index in [1.165, 1.54) is 0 Å². The lowest BCUT2D eigenvalue weighted by Gasteiger charge is -2.31. The van der Waals surface area contributed by atoms with Crippen LogP contribution in [0.1, 0.15) is 13.8 Å². The van der Waals surface area contributed by atoms with Crippen molar-refractivity contribution in [2.45, 2.75) is 13.8 Å². The standard InChI is InChI=1S/C7H13Br3/c1-6(2)7(3-8,4-9)5-10/h6H,3-5H2,1-2H3. The minimum absolute atomic E-state index is 0.375. The van der Waals surface area contributed by atoms with E-state index in [1.807, 2.05) is 0 Å². The SMILES string of the molecule is CC(C)C(CBr)(CBr)CBr. The van der Waals surface area contributed by atoms with Gasteiger partial charge in [0.05, 0.1) is 0 Å². The van der Waals surface area contributed by atoms with E-state index in [2.05, 4.69) is 61.6 Å². The third-order valence-corrected chi connectivity index (χ3v) is 5.37. The summed E-state index contributed by atoms with van der Waals surface area (Å²) in [7, 11) is 0. The van der Waals surface area contributed by atoms with Gasteiger partial charge >= 0.3 is 0 Å². The van der Waals surface area contributed by atoms with Crippen molar-refractivity contribution in [2.24, 2.45) is 11.3 Å². The molecular formula is C7H13Br3. The van der Waals surface area contributed by atoms with Crippen LogP contribution < -0.4 is 0 Å². The van der Waals surface area contributed by atoms with Crippen molar-refractivity contribution in [1.29, 1.82) is 0 Å². The van der Waals surface area contributed by atoms with Gasteiger partial charge in [-0.25, -0.2) is 0 Å². The Bertz CT molecular complexity index is 78.6. The largest absolute Gasteiger partial charge is 0.0921 e. The van der Waals surface area contributed by atoms with Crippen LogP contribution >= 0.6 is 47.8 Å². The number of rotatable bonds is 4. The lowest BCUT2D eigenvalue weighted by molar-refractivity contribution is 0.314. The predicted molar refractivity (Wildman–Crippen MR) is 58.7 cm³/mol. The lowest BCUT2D eigenvalue weighted by Crippen LogP contribution is -2.32. The molecule has 0 heterocycles. The summed E-state index contributed by atoms with van der Waals surface area (Å²) in [5.74, 6) is 0.700. The fourth-order valence-electron chi connectivity index (χ4n) is 0.570. The molecule has 0 aromatic heterocycles. The van der Waals surface area contributed by atoms with Gasteiger partial charge in [0.25, 0.3) is 0 Å². The molecule has 0 aliphatic rings. The first-order valence-electron chi connectivity index (χ1n) is 3.31. The molecule has 0 atom stereocenters. The monoisotopic (exact) mass is 334 g/mol. The first-order chi connectivity index (χ1) is 4.63. The van der Waals surface area contributed by atoms with Crippen LogP contribution in [0.4, 0.5) is 0 Å². The second-order valence-corrected chi connectivity index (χ2v) is 4.60. The van der Waals surface area contributed by atoms with Crippen molar-refractivity contribution in [3.05, 3.63) is 0 Å². The molecule has 0 aliphatic carbocycles. The summed E-state index contributed by atoms with van der Waals surface area (Å²) in [5.41, 5.74) is 0.375. The van der Waals surface area contributed by atoms with Crippen LogP contribution in [0.15, 0.2) is 0 Å². The molecule has 0 radical (unpaired) electrons. The molecule has 0 N–H and O–H groups in total. The molecule has 0 saturated heterocycles. The second kappa shape index (κ2) is 5.15. The van der Waals surface area contributed by atoms with Crippen molar-refractivity contribution < 1.29 is 0 Å². The van der Waals surface area contributed by atoms with Gasteiger partial charge in [-0.3, -0.25) is 0 Å². The number of halogens is 3. The second-order valence-electron chi connectivity index (χ2n) is 2.92. The topological polar surface area (TPSA) is 0 Å². The molecule has 0 aliphatic heterocycles. The van der Waals surface area contributed by atoms with Gasteiger partial charge in [0.2, 0.25) is 0 Å². The molecule has 0 spiro atoms. The molecule has 0 unspecified atom stereocenters. The van der Waals surface area contributed by atoms with Gasteiger partial charge in [-0.1, -0.05) is 61.6 Å². The lowest BCUT2D eigenvalue weighted by atomic mass is 9.83. The summed E-state index contributed by atoms with van der Waals surface area (Å²) < 4.78 is 0. The Morgan fingerprint density at radius 3 is 1.30 bits per heavy atom. The molecule has 10 heavy (non-hydrogen) atoms. The molecule has 0 fully saturated rings. The Morgan fingerprint density at radius 1 is 1.00 bits per heavy atom. The zero-order valence-corrected chi connectivity index (χ0v) is 11.1. The van der Waals surface area contributed by atoms with Crippen molar-refractivity contribution in [3.8, 4) is 0 Å². The van der Waals surface area contributed by atoms with Gasteiger partial charge in [-0.05, 0) is 5.92 Å².